The van der Waals surface area contributed by atoms with Crippen molar-refractivity contribution in [2.45, 2.75) is 0 Å². The van der Waals surface area contributed by atoms with Crippen LogP contribution in [0.5, 0.6) is 0 Å². The lowest BCUT2D eigenvalue weighted by molar-refractivity contribution is -0.112. The van der Waals surface area contributed by atoms with E-state index in [4.69, 9.17) is 46.4 Å². The zero-order chi connectivity index (χ0) is 23.1. The second-order valence-electron chi connectivity index (χ2n) is 6.40. The van der Waals surface area contributed by atoms with Gasteiger partial charge in [-0.1, -0.05) is 64.6 Å². The van der Waals surface area contributed by atoms with Gasteiger partial charge in [0.15, 0.2) is 0 Å². The van der Waals surface area contributed by atoms with Gasteiger partial charge in [-0.3, -0.25) is 9.59 Å². The predicted octanol–water partition coefficient (Wildman–Crippen LogP) is 7.00. The molecule has 0 fully saturated rings. The molecule has 0 saturated heterocycles. The molecule has 2 N–H and O–H groups in total. The van der Waals surface area contributed by atoms with Crippen molar-refractivity contribution < 1.29 is 9.59 Å². The predicted molar refractivity (Wildman–Crippen MR) is 132 cm³/mol. The number of hydrogen-bond donors (Lipinski definition) is 2. The number of aromatic nitrogens is 1. The molecule has 2 aromatic carbocycles. The number of nitrogens with one attached hydrogen (secondary N) is 2. The highest BCUT2D eigenvalue weighted by molar-refractivity contribution is 6.42. The summed E-state index contributed by atoms with van der Waals surface area (Å²) in [5.74, 6) is -0.238. The zero-order valence-corrected chi connectivity index (χ0v) is 19.3. The number of halogens is 4. The molecule has 0 aliphatic heterocycles. The van der Waals surface area contributed by atoms with E-state index in [0.29, 0.717) is 20.1 Å². The smallest absolute Gasteiger partial charge is 0.249 e. The van der Waals surface area contributed by atoms with Crippen LogP contribution in [0.3, 0.4) is 0 Å². The molecule has 0 atom stereocenters. The Morgan fingerprint density at radius 2 is 1.09 bits per heavy atom. The minimum absolute atomic E-state index is 0.278. The van der Waals surface area contributed by atoms with Gasteiger partial charge in [-0.25, -0.2) is 4.98 Å². The fraction of sp³-hybridized carbons (Fsp3) is 0. The second-order valence-corrected chi connectivity index (χ2v) is 8.03. The van der Waals surface area contributed by atoms with Crippen molar-refractivity contribution in [1.82, 2.24) is 4.98 Å². The Bertz CT molecular complexity index is 1130. The standard InChI is InChI=1S/C23H15Cl4N3O2/c24-16-8-4-14(12-18(16)26)6-10-22(31)29-20-2-1-3-21(28-20)30-23(32)11-7-15-5-9-17(25)19(27)13-15/h1-13H,(H2,28,29,30,31,32)/b10-6+,11-7+. The van der Waals surface area contributed by atoms with Gasteiger partial charge in [0.05, 0.1) is 20.1 Å². The Kier molecular flexibility index (Phi) is 8.31. The minimum Gasteiger partial charge on any atom is -0.307 e. The third-order valence-corrected chi connectivity index (χ3v) is 5.47. The molecule has 0 spiro atoms. The van der Waals surface area contributed by atoms with Crippen LogP contribution in [0.4, 0.5) is 11.6 Å². The van der Waals surface area contributed by atoms with Gasteiger partial charge in [0.25, 0.3) is 0 Å². The summed E-state index contributed by atoms with van der Waals surface area (Å²) in [5, 5.41) is 6.92. The van der Waals surface area contributed by atoms with Crippen molar-refractivity contribution >= 4 is 82.0 Å². The lowest BCUT2D eigenvalue weighted by Crippen LogP contribution is -2.12. The van der Waals surface area contributed by atoms with Gasteiger partial charge in [-0.15, -0.1) is 0 Å². The topological polar surface area (TPSA) is 71.1 Å². The van der Waals surface area contributed by atoms with Crippen LogP contribution in [-0.4, -0.2) is 16.8 Å². The van der Waals surface area contributed by atoms with E-state index < -0.39 is 11.8 Å². The van der Waals surface area contributed by atoms with Gasteiger partial charge in [0, 0.05) is 12.2 Å². The number of amides is 2. The lowest BCUT2D eigenvalue weighted by Gasteiger charge is -2.05. The van der Waals surface area contributed by atoms with Crippen LogP contribution in [0.1, 0.15) is 11.1 Å². The molecule has 0 aliphatic carbocycles. The number of pyridine rings is 1. The minimum atomic E-state index is -0.397. The first-order chi connectivity index (χ1) is 15.3. The van der Waals surface area contributed by atoms with Crippen molar-refractivity contribution in [2.75, 3.05) is 10.6 Å². The van der Waals surface area contributed by atoms with E-state index in [-0.39, 0.29) is 11.6 Å². The third-order valence-electron chi connectivity index (χ3n) is 3.99. The van der Waals surface area contributed by atoms with Crippen LogP contribution < -0.4 is 10.6 Å². The van der Waals surface area contributed by atoms with Crippen molar-refractivity contribution in [2.24, 2.45) is 0 Å². The quantitative estimate of drug-likeness (QED) is 0.353. The summed E-state index contributed by atoms with van der Waals surface area (Å²) in [6.07, 6.45) is 5.87. The largest absolute Gasteiger partial charge is 0.307 e. The number of anilines is 2. The van der Waals surface area contributed by atoms with Crippen LogP contribution in [0.2, 0.25) is 20.1 Å². The summed E-state index contributed by atoms with van der Waals surface area (Å²) in [4.78, 5) is 28.5. The SMILES string of the molecule is O=C(/C=C/c1ccc(Cl)c(Cl)c1)Nc1cccc(NC(=O)/C=C/c2ccc(Cl)c(Cl)c2)n1. The summed E-state index contributed by atoms with van der Waals surface area (Å²) < 4.78 is 0. The Labute approximate surface area is 204 Å². The molecule has 162 valence electrons. The van der Waals surface area contributed by atoms with E-state index >= 15 is 0 Å². The number of carbonyl (C=O) groups is 2. The first-order valence-corrected chi connectivity index (χ1v) is 10.7. The first kappa shape index (κ1) is 23.8. The maximum absolute atomic E-state index is 12.2. The van der Waals surface area contributed by atoms with Crippen LogP contribution in [0, 0.1) is 0 Å². The molecule has 0 bridgehead atoms. The van der Waals surface area contributed by atoms with E-state index in [1.165, 1.54) is 12.2 Å². The molecular formula is C23H15Cl4N3O2. The summed E-state index contributed by atoms with van der Waals surface area (Å²) in [5.41, 5.74) is 1.44. The first-order valence-electron chi connectivity index (χ1n) is 9.15. The summed E-state index contributed by atoms with van der Waals surface area (Å²) in [7, 11) is 0. The molecular weight excluding hydrogens is 492 g/mol. The average molecular weight is 507 g/mol. The molecule has 0 radical (unpaired) electrons. The van der Waals surface area contributed by atoms with Crippen molar-refractivity contribution in [3.05, 3.63) is 98.0 Å². The normalized spacial score (nSPS) is 11.1. The van der Waals surface area contributed by atoms with Crippen LogP contribution in [0.15, 0.2) is 66.7 Å². The molecule has 0 saturated carbocycles. The Balaban J connectivity index is 1.59. The summed E-state index contributed by atoms with van der Waals surface area (Å²) >= 11 is 23.7. The van der Waals surface area contributed by atoms with E-state index in [0.717, 1.165) is 11.1 Å². The molecule has 3 aromatic rings. The molecule has 0 aliphatic rings. The van der Waals surface area contributed by atoms with Gasteiger partial charge < -0.3 is 10.6 Å². The van der Waals surface area contributed by atoms with Gasteiger partial charge in [-0.2, -0.15) is 0 Å². The number of nitrogens with zero attached hydrogens (tertiary/aromatic N) is 1. The highest BCUT2D eigenvalue weighted by atomic mass is 35.5. The van der Waals surface area contributed by atoms with Crippen LogP contribution in [0.25, 0.3) is 12.2 Å². The highest BCUT2D eigenvalue weighted by Crippen LogP contribution is 2.24. The van der Waals surface area contributed by atoms with Gasteiger partial charge >= 0.3 is 0 Å². The summed E-state index contributed by atoms with van der Waals surface area (Å²) in [6, 6.07) is 14.9. The molecule has 9 heteroatoms. The third kappa shape index (κ3) is 7.11. The number of benzene rings is 2. The molecule has 1 heterocycles. The Morgan fingerprint density at radius 1 is 0.656 bits per heavy atom. The van der Waals surface area contributed by atoms with Crippen molar-refractivity contribution in [3.63, 3.8) is 0 Å². The maximum atomic E-state index is 12.2. The monoisotopic (exact) mass is 505 g/mol. The Morgan fingerprint density at radius 3 is 1.50 bits per heavy atom. The maximum Gasteiger partial charge on any atom is 0.249 e. The van der Waals surface area contributed by atoms with Gasteiger partial charge in [0.2, 0.25) is 11.8 Å². The Hall–Kier alpha value is -2.83. The number of rotatable bonds is 6. The zero-order valence-electron chi connectivity index (χ0n) is 16.3. The number of carbonyl (C=O) groups excluding carboxylic acids is 2. The van der Waals surface area contributed by atoms with Crippen molar-refractivity contribution in [3.8, 4) is 0 Å². The summed E-state index contributed by atoms with van der Waals surface area (Å²) in [6.45, 7) is 0. The number of hydrogen-bond acceptors (Lipinski definition) is 3. The molecule has 32 heavy (non-hydrogen) atoms. The van der Waals surface area contributed by atoms with E-state index in [1.807, 2.05) is 0 Å². The van der Waals surface area contributed by atoms with Gasteiger partial charge in [-0.05, 0) is 59.7 Å². The van der Waals surface area contributed by atoms with E-state index in [1.54, 1.807) is 66.7 Å². The molecule has 1 aromatic heterocycles. The average Bonchev–Trinajstić information content (AvgIpc) is 2.75. The van der Waals surface area contributed by atoms with Gasteiger partial charge in [0.1, 0.15) is 11.6 Å². The fourth-order valence-electron chi connectivity index (χ4n) is 2.49. The van der Waals surface area contributed by atoms with Crippen LogP contribution in [-0.2, 0) is 9.59 Å². The van der Waals surface area contributed by atoms with Crippen molar-refractivity contribution in [1.29, 1.82) is 0 Å². The second kappa shape index (κ2) is 11.2. The molecule has 5 nitrogen and oxygen atoms in total. The highest BCUT2D eigenvalue weighted by Gasteiger charge is 2.04. The van der Waals surface area contributed by atoms with E-state index in [2.05, 4.69) is 15.6 Å². The lowest BCUT2D eigenvalue weighted by atomic mass is 10.2. The van der Waals surface area contributed by atoms with E-state index in [9.17, 15) is 9.59 Å². The fourth-order valence-corrected chi connectivity index (χ4v) is 3.10. The molecule has 2 amide bonds. The molecule has 3 rings (SSSR count). The van der Waals surface area contributed by atoms with Crippen LogP contribution >= 0.6 is 46.4 Å². The molecule has 0 unspecified atom stereocenters.